The van der Waals surface area contributed by atoms with Crippen LogP contribution in [0.2, 0.25) is 0 Å². The van der Waals surface area contributed by atoms with Gasteiger partial charge in [-0.2, -0.15) is 0 Å². The van der Waals surface area contributed by atoms with Gasteiger partial charge in [0.1, 0.15) is 23.0 Å². The summed E-state index contributed by atoms with van der Waals surface area (Å²) in [4.78, 5) is 0. The van der Waals surface area contributed by atoms with Gasteiger partial charge in [0.25, 0.3) is 0 Å². The van der Waals surface area contributed by atoms with Crippen molar-refractivity contribution in [3.05, 3.63) is 192 Å². The van der Waals surface area contributed by atoms with Crippen LogP contribution >= 0.6 is 0 Å². The fourth-order valence-electron chi connectivity index (χ4n) is 21.2. The lowest BCUT2D eigenvalue weighted by molar-refractivity contribution is -0.0282. The van der Waals surface area contributed by atoms with Gasteiger partial charge in [0.05, 0.1) is 28.4 Å². The van der Waals surface area contributed by atoms with Gasteiger partial charge < -0.3 is 18.9 Å². The standard InChI is InChI=1S/C80H68O4/c1-81-69-17-13-61-31-65(69)57-23-49-5-7-51-25-58(26-52-8-6-50(24-57)73(49)74(51)52)67-33-63(15-19-71(67)83-3)79-39-47-22-48(40-79)42-80(41-47,44-79)64-16-20-72(84-4)68(34-64)60-29-55-11-9-53-27-59(28-54-10-12-56(30-60)76(55)75(53)54)66-32-62(14-18-70(66)82-2)78-37-45-21-46(38-78)36-77(61,35-45)43-78/h5-20,23-34,45-48H,21-22,35-44H2,1-4H3. The lowest BCUT2D eigenvalue weighted by atomic mass is 9.41. The SMILES string of the molecule is COc1ccc2cc1-c1cc3ccc4cc(cc5ccc(c1)c3c45)-c1cc(ccc1OC)C13CC4CC(C1)CC(C4)(C3)c1ccc(OC)c(c1)-c1cc3ccc4cc(cc5ccc(c1)c3c45)-c1cc(ccc1OC)C13CC4CC(CC2(C4)C1)C3. The fraction of sp³-hybridized carbons (Fsp3) is 0.300. The topological polar surface area (TPSA) is 36.9 Å². The highest BCUT2D eigenvalue weighted by molar-refractivity contribution is 6.26. The van der Waals surface area contributed by atoms with E-state index in [1.54, 1.807) is 0 Å². The third-order valence-corrected chi connectivity index (χ3v) is 23.7. The monoisotopic (exact) mass is 1090 g/mol. The molecule has 31 rings (SSSR count). The highest BCUT2D eigenvalue weighted by Gasteiger charge is 2.60. The van der Waals surface area contributed by atoms with E-state index in [1.807, 2.05) is 28.4 Å². The molecule has 0 radical (unpaired) electrons. The van der Waals surface area contributed by atoms with Gasteiger partial charge in [0.2, 0.25) is 0 Å². The van der Waals surface area contributed by atoms with E-state index in [1.165, 1.54) is 196 Å². The molecule has 19 aliphatic rings. The first-order valence-corrected chi connectivity index (χ1v) is 31.3. The van der Waals surface area contributed by atoms with Gasteiger partial charge in [-0.25, -0.2) is 0 Å². The van der Waals surface area contributed by atoms with Crippen molar-refractivity contribution in [3.8, 4) is 67.5 Å². The Labute approximate surface area is 491 Å². The molecular formula is C80H68O4. The maximum Gasteiger partial charge on any atom is 0.126 e. The number of ether oxygens (including phenoxy) is 4. The van der Waals surface area contributed by atoms with Crippen LogP contribution in [0.4, 0.5) is 0 Å². The maximum atomic E-state index is 6.31. The van der Waals surface area contributed by atoms with E-state index in [2.05, 4.69) is 170 Å². The maximum absolute atomic E-state index is 6.31. The van der Waals surface area contributed by atoms with E-state index in [-0.39, 0.29) is 21.7 Å². The summed E-state index contributed by atoms with van der Waals surface area (Å²) in [6.45, 7) is 0. The zero-order chi connectivity index (χ0) is 55.6. The Morgan fingerprint density at radius 1 is 0.262 bits per heavy atom. The normalized spacial score (nSPS) is 26.9. The molecule has 0 aliphatic heterocycles. The van der Waals surface area contributed by atoms with Crippen molar-refractivity contribution in [2.45, 2.75) is 98.7 Å². The van der Waals surface area contributed by atoms with E-state index in [4.69, 9.17) is 18.9 Å². The van der Waals surface area contributed by atoms with E-state index in [0.29, 0.717) is 23.7 Å². The van der Waals surface area contributed by atoms with Crippen molar-refractivity contribution >= 4 is 64.6 Å². The van der Waals surface area contributed by atoms with Crippen LogP contribution in [0.25, 0.3) is 109 Å². The first kappa shape index (κ1) is 48.3. The van der Waals surface area contributed by atoms with Crippen LogP contribution in [0, 0.1) is 23.7 Å². The van der Waals surface area contributed by atoms with Gasteiger partial charge in [0, 0.05) is 22.3 Å². The van der Waals surface area contributed by atoms with Crippen molar-refractivity contribution in [3.63, 3.8) is 0 Å². The van der Waals surface area contributed by atoms with Crippen molar-refractivity contribution in [2.24, 2.45) is 23.7 Å². The Hall–Kier alpha value is -8.08. The second-order valence-electron chi connectivity index (χ2n) is 28.2. The van der Waals surface area contributed by atoms with Gasteiger partial charge in [-0.1, -0.05) is 72.8 Å². The first-order chi connectivity index (χ1) is 41.1. The largest absolute Gasteiger partial charge is 0.496 e. The first-order valence-electron chi connectivity index (χ1n) is 31.3. The van der Waals surface area contributed by atoms with Crippen LogP contribution in [0.3, 0.4) is 0 Å². The summed E-state index contributed by atoms with van der Waals surface area (Å²) in [5.41, 5.74) is 15.9. The number of hydrogen-bond acceptors (Lipinski definition) is 4. The molecule has 0 heterocycles. The Bertz CT molecular complexity index is 4050. The number of methoxy groups -OCH3 is 4. The number of benzene rings is 12. The van der Waals surface area contributed by atoms with Gasteiger partial charge in [0.15, 0.2) is 0 Å². The molecule has 0 unspecified atom stereocenters. The minimum atomic E-state index is 0.0834. The Morgan fingerprint density at radius 2 is 0.464 bits per heavy atom. The van der Waals surface area contributed by atoms with E-state index in [9.17, 15) is 0 Å². The lowest BCUT2D eigenvalue weighted by Gasteiger charge is -2.63. The molecule has 0 aromatic heterocycles. The molecule has 84 heavy (non-hydrogen) atoms. The highest BCUT2D eigenvalue weighted by Crippen LogP contribution is 2.69. The number of rotatable bonds is 4. The van der Waals surface area contributed by atoms with Crippen LogP contribution < -0.4 is 18.9 Å². The molecule has 4 heteroatoms. The van der Waals surface area contributed by atoms with Crippen molar-refractivity contribution in [1.82, 2.24) is 0 Å². The molecule has 0 amide bonds. The molecular weight excluding hydrogens is 1020 g/mol. The second-order valence-corrected chi connectivity index (χ2v) is 28.2. The van der Waals surface area contributed by atoms with Crippen molar-refractivity contribution < 1.29 is 18.9 Å². The molecule has 8 saturated carbocycles. The average Bonchev–Trinajstić information content (AvgIpc) is 1.07. The molecule has 4 spiro atoms. The van der Waals surface area contributed by atoms with Gasteiger partial charge in [-0.15, -0.1) is 0 Å². The third-order valence-electron chi connectivity index (χ3n) is 23.7. The Kier molecular flexibility index (Phi) is 9.68. The Balaban J connectivity index is 0.825. The summed E-state index contributed by atoms with van der Waals surface area (Å²) in [6.07, 6.45) is 15.0. The Morgan fingerprint density at radius 3 is 0.655 bits per heavy atom. The molecule has 19 aliphatic carbocycles. The second kappa shape index (κ2) is 16.8. The summed E-state index contributed by atoms with van der Waals surface area (Å²) < 4.78 is 25.2. The van der Waals surface area contributed by atoms with Crippen molar-refractivity contribution in [1.29, 1.82) is 0 Å². The summed E-state index contributed by atoms with van der Waals surface area (Å²) in [5.74, 6) is 6.51. The molecule has 32 bridgehead atoms. The molecule has 4 nitrogen and oxygen atoms in total. The van der Waals surface area contributed by atoms with Crippen LogP contribution in [-0.2, 0) is 21.7 Å². The zero-order valence-electron chi connectivity index (χ0n) is 48.6. The van der Waals surface area contributed by atoms with Crippen LogP contribution in [0.15, 0.2) is 170 Å². The molecule has 12 aromatic rings. The van der Waals surface area contributed by atoms with Gasteiger partial charge >= 0.3 is 0 Å². The molecule has 12 aromatic carbocycles. The lowest BCUT2D eigenvalue weighted by Crippen LogP contribution is -2.55. The summed E-state index contributed by atoms with van der Waals surface area (Å²) in [6, 6.07) is 67.5. The highest BCUT2D eigenvalue weighted by atomic mass is 16.5. The molecule has 8 fully saturated rings. The molecule has 0 atom stereocenters. The van der Waals surface area contributed by atoms with Crippen molar-refractivity contribution in [2.75, 3.05) is 28.4 Å². The third kappa shape index (κ3) is 6.61. The van der Waals surface area contributed by atoms with E-state index in [0.717, 1.165) is 35.8 Å². The number of hydrogen-bond donors (Lipinski definition) is 0. The quantitative estimate of drug-likeness (QED) is 0.165. The average molecular weight is 1090 g/mol. The minimum absolute atomic E-state index is 0.0834. The predicted molar refractivity (Wildman–Crippen MR) is 344 cm³/mol. The van der Waals surface area contributed by atoms with Gasteiger partial charge in [-0.3, -0.25) is 0 Å². The minimum Gasteiger partial charge on any atom is -0.496 e. The van der Waals surface area contributed by atoms with Gasteiger partial charge in [-0.05, 0) is 329 Å². The zero-order valence-corrected chi connectivity index (χ0v) is 48.6. The van der Waals surface area contributed by atoms with E-state index >= 15 is 0 Å². The fourth-order valence-corrected chi connectivity index (χ4v) is 21.2. The van der Waals surface area contributed by atoms with Crippen LogP contribution in [0.5, 0.6) is 23.0 Å². The van der Waals surface area contributed by atoms with Crippen LogP contribution in [0.1, 0.15) is 99.3 Å². The van der Waals surface area contributed by atoms with Crippen LogP contribution in [-0.4, -0.2) is 28.4 Å². The summed E-state index contributed by atoms with van der Waals surface area (Å²) in [7, 11) is 7.38. The summed E-state index contributed by atoms with van der Waals surface area (Å²) >= 11 is 0. The molecule has 412 valence electrons. The molecule has 0 N–H and O–H groups in total. The summed E-state index contributed by atoms with van der Waals surface area (Å²) in [5, 5.41) is 15.5. The smallest absolute Gasteiger partial charge is 0.126 e. The van der Waals surface area contributed by atoms with E-state index < -0.39 is 0 Å². The molecule has 0 saturated heterocycles. The predicted octanol–water partition coefficient (Wildman–Crippen LogP) is 20.1.